The molecule has 3 aromatic heterocycles. The fraction of sp³-hybridized carbons (Fsp3) is 0.289. The maximum atomic E-state index is 14.3. The first-order valence-corrected chi connectivity index (χ1v) is 35.6. The van der Waals surface area contributed by atoms with Crippen molar-refractivity contribution in [2.45, 2.75) is 115 Å². The highest BCUT2D eigenvalue weighted by Crippen LogP contribution is 2.30. The van der Waals surface area contributed by atoms with E-state index in [0.717, 1.165) is 17.3 Å². The van der Waals surface area contributed by atoms with Gasteiger partial charge in [0.05, 0.1) is 31.8 Å². The maximum Gasteiger partial charge on any atom is 0.511 e. The summed E-state index contributed by atoms with van der Waals surface area (Å²) in [6, 6.07) is 30.9. The molecule has 6 aromatic carbocycles. The molecular weight excluding hydrogens is 1550 g/mol. The second-order valence-electron chi connectivity index (χ2n) is 24.4. The Balaban J connectivity index is 0.000000236. The van der Waals surface area contributed by atoms with Crippen LogP contribution in [0.25, 0.3) is 33.4 Å². The highest BCUT2D eigenvalue weighted by Gasteiger charge is 2.29. The molecule has 0 aliphatic heterocycles. The monoisotopic (exact) mass is 1620 g/mol. The van der Waals surface area contributed by atoms with E-state index in [1.165, 1.54) is 76.4 Å². The molecule has 0 radical (unpaired) electrons. The number of aliphatic carboxylic acids is 1. The van der Waals surface area contributed by atoms with Crippen LogP contribution in [0.2, 0.25) is 15.1 Å². The third-order valence-electron chi connectivity index (χ3n) is 16.0. The van der Waals surface area contributed by atoms with Crippen LogP contribution in [-0.4, -0.2) is 182 Å². The highest BCUT2D eigenvalue weighted by atomic mass is 35.5. The molecule has 0 fully saturated rings. The van der Waals surface area contributed by atoms with E-state index in [9.17, 15) is 72.1 Å². The summed E-state index contributed by atoms with van der Waals surface area (Å²) in [6.45, 7) is 10.1. The Morgan fingerprint density at radius 2 is 0.779 bits per heavy atom. The third kappa shape index (κ3) is 28.9. The van der Waals surface area contributed by atoms with Crippen LogP contribution in [0.15, 0.2) is 171 Å². The number of hydrogen-bond donors (Lipinski definition) is 8. The molecule has 113 heavy (non-hydrogen) atoms. The highest BCUT2D eigenvalue weighted by molar-refractivity contribution is 6.31. The molecule has 37 heteroatoms. The lowest BCUT2D eigenvalue weighted by atomic mass is 9.97. The number of halogens is 6. The standard InChI is InChI=1S/C28H30ClFN4O7.C24H24ClFN4O8.C24H24ClFN4O4/c1-3-5-12-34-16-24(32-33-34)26(36)31-21(15-25(35)27(37)40-17-41-28(38)39-4-2)13-18-6-8-19(9-7-18)22-14-20(29)10-11-23(22)30;1-2-36-24(34)38-13-37-23(33)21(31)11-17(27-22(32)20-12-30(35)29-28-20)9-14-3-5-15(6-4-14)18-10-16(25)7-8-19(18)26;1-2-3-10-30-14-21(28-29-30)23(32)27-18(13-22(31)24(33)34)11-15-4-6-16(7-5-15)19-12-17(25)8-9-20(19)26/h3,6-11,14,16,21,25,35H,1,4-5,12-13,15,17H2,2H3,(H,31,36);3-8,10,12,17,21,31,35H,2,9,11,13H2,1H3,(H,27,32);2,4-9,12,14,18,22,31H,1,3,10-11,13H2,(H,27,32)(H,33,34)/t21-,25-;17-,21-;18-,22-/m111/s1. The van der Waals surface area contributed by atoms with Crippen molar-refractivity contribution in [3.63, 3.8) is 0 Å². The molecule has 9 rings (SSSR count). The molecule has 0 saturated carbocycles. The molecule has 9 aromatic rings. The minimum Gasteiger partial charge on any atom is -0.479 e. The normalized spacial score (nSPS) is 12.4. The smallest absolute Gasteiger partial charge is 0.479 e. The zero-order valence-corrected chi connectivity index (χ0v) is 62.8. The molecule has 6 atom stereocenters. The van der Waals surface area contributed by atoms with Gasteiger partial charge >= 0.3 is 30.2 Å². The number of rotatable bonds is 36. The van der Waals surface area contributed by atoms with Crippen LogP contribution in [-0.2, 0) is 75.2 Å². The number of nitrogens with zero attached hydrogens (tertiary/aromatic N) is 9. The lowest BCUT2D eigenvalue weighted by molar-refractivity contribution is -0.164. The number of nitrogens with one attached hydrogen (secondary N) is 3. The number of amides is 3. The van der Waals surface area contributed by atoms with Crippen molar-refractivity contribution < 1.29 is 106 Å². The topological polar surface area (TPSA) is 421 Å². The SMILES string of the molecule is C=CCCn1cc(C(=O)N[C@H](Cc2ccc(-c3cc(Cl)ccc3F)cc2)C[C@@H](O)C(=O)O)nn1.C=CCCn1cc(C(=O)N[C@H](Cc2ccc(-c3cc(Cl)ccc3F)cc2)C[C@@H](O)C(=O)OCOC(=O)OCC)nn1.CCOC(=O)OCOC(=O)[C@H](O)C[C@@H](Cc1ccc(-c2cc(Cl)ccc2F)cc1)NC(=O)c1cn(O)nn1. The molecule has 3 heterocycles. The van der Waals surface area contributed by atoms with Crippen molar-refractivity contribution >= 4 is 82.7 Å². The van der Waals surface area contributed by atoms with Gasteiger partial charge < -0.3 is 70.0 Å². The Morgan fingerprint density at radius 1 is 0.460 bits per heavy atom. The summed E-state index contributed by atoms with van der Waals surface area (Å²) < 4.78 is 73.4. The fourth-order valence-electron chi connectivity index (χ4n) is 10.5. The van der Waals surface area contributed by atoms with Crippen LogP contribution in [0.3, 0.4) is 0 Å². The predicted molar refractivity (Wildman–Crippen MR) is 400 cm³/mol. The van der Waals surface area contributed by atoms with Crippen molar-refractivity contribution in [1.29, 1.82) is 0 Å². The first-order valence-electron chi connectivity index (χ1n) is 34.5. The Morgan fingerprint density at radius 3 is 1.08 bits per heavy atom. The number of ether oxygens (including phenoxy) is 6. The van der Waals surface area contributed by atoms with Gasteiger partial charge in [0.15, 0.2) is 35.4 Å². The van der Waals surface area contributed by atoms with Gasteiger partial charge in [-0.05, 0) is 139 Å². The van der Waals surface area contributed by atoms with Gasteiger partial charge in [-0.15, -0.1) is 28.5 Å². The minimum absolute atomic E-state index is 0.0470. The average molecular weight is 1630 g/mol. The first-order chi connectivity index (χ1) is 54.1. The Bertz CT molecular complexity index is 4710. The zero-order valence-electron chi connectivity index (χ0n) is 60.5. The number of carboxylic acids is 1. The van der Waals surface area contributed by atoms with Gasteiger partial charge in [0.25, 0.3) is 17.7 Å². The number of allylic oxidation sites excluding steroid dienone is 2. The summed E-state index contributed by atoms with van der Waals surface area (Å²) in [5.41, 5.74) is 4.84. The summed E-state index contributed by atoms with van der Waals surface area (Å²) in [6.07, 6.45) is 1.40. The summed E-state index contributed by atoms with van der Waals surface area (Å²) in [5, 5.41) is 80.7. The molecule has 0 spiro atoms. The second-order valence-corrected chi connectivity index (χ2v) is 25.7. The number of carboxylic acid groups (broad SMARTS) is 1. The van der Waals surface area contributed by atoms with Gasteiger partial charge in [-0.1, -0.05) is 135 Å². The van der Waals surface area contributed by atoms with Gasteiger partial charge in [-0.3, -0.25) is 23.7 Å². The van der Waals surface area contributed by atoms with Crippen LogP contribution in [0.1, 0.15) is 94.1 Å². The van der Waals surface area contributed by atoms with E-state index in [1.807, 2.05) is 0 Å². The van der Waals surface area contributed by atoms with Crippen LogP contribution in [0.4, 0.5) is 22.8 Å². The predicted octanol–water partition coefficient (Wildman–Crippen LogP) is 10.3. The Labute approximate surface area is 658 Å². The lowest BCUT2D eigenvalue weighted by Gasteiger charge is -2.21. The number of carbonyl (C=O) groups excluding carboxylic acids is 7. The maximum absolute atomic E-state index is 14.3. The molecule has 0 saturated heterocycles. The number of aliphatic hydroxyl groups is 3. The molecule has 3 amide bonds. The van der Waals surface area contributed by atoms with Gasteiger partial charge in [0.2, 0.25) is 13.6 Å². The van der Waals surface area contributed by atoms with Crippen LogP contribution >= 0.6 is 34.8 Å². The molecular formula is C76H78Cl3F3N12O19. The van der Waals surface area contributed by atoms with Crippen molar-refractivity contribution in [2.24, 2.45) is 0 Å². The second kappa shape index (κ2) is 44.7. The number of aromatic nitrogens is 9. The van der Waals surface area contributed by atoms with Gasteiger partial charge in [0.1, 0.15) is 17.5 Å². The fourth-order valence-corrected chi connectivity index (χ4v) is 11.1. The quantitative estimate of drug-likeness (QED) is 0.00594. The molecule has 598 valence electrons. The summed E-state index contributed by atoms with van der Waals surface area (Å²) in [7, 11) is 0. The van der Waals surface area contributed by atoms with Crippen molar-refractivity contribution in [1.82, 2.24) is 61.1 Å². The number of esters is 2. The lowest BCUT2D eigenvalue weighted by Crippen LogP contribution is -2.41. The van der Waals surface area contributed by atoms with E-state index >= 15 is 0 Å². The van der Waals surface area contributed by atoms with Crippen LogP contribution in [0.5, 0.6) is 0 Å². The van der Waals surface area contributed by atoms with E-state index in [4.69, 9.17) is 49.4 Å². The van der Waals surface area contributed by atoms with E-state index in [-0.39, 0.29) is 68.8 Å². The third-order valence-corrected chi connectivity index (χ3v) is 16.8. The Hall–Kier alpha value is -12.1. The van der Waals surface area contributed by atoms with E-state index in [0.29, 0.717) is 84.8 Å². The van der Waals surface area contributed by atoms with Crippen molar-refractivity contribution in [3.8, 4) is 33.4 Å². The van der Waals surface area contributed by atoms with Gasteiger partial charge in [-0.25, -0.2) is 37.1 Å². The molecule has 0 aliphatic carbocycles. The van der Waals surface area contributed by atoms with Crippen molar-refractivity contribution in [2.75, 3.05) is 26.8 Å². The number of hydrogen-bond acceptors (Lipinski definition) is 24. The van der Waals surface area contributed by atoms with E-state index in [1.54, 1.807) is 98.8 Å². The Kier molecular flexibility index (Phi) is 34.9. The summed E-state index contributed by atoms with van der Waals surface area (Å²) in [4.78, 5) is 96.6. The molecule has 0 unspecified atom stereocenters. The van der Waals surface area contributed by atoms with Gasteiger partial charge in [0, 0.05) is 82.2 Å². The summed E-state index contributed by atoms with van der Waals surface area (Å²) >= 11 is 18.0. The first kappa shape index (κ1) is 88.1. The van der Waals surface area contributed by atoms with Crippen molar-refractivity contribution in [3.05, 3.63) is 238 Å². The zero-order chi connectivity index (χ0) is 82.1. The molecule has 31 nitrogen and oxygen atoms in total. The number of aryl methyl sites for hydroxylation is 2. The van der Waals surface area contributed by atoms with E-state index < -0.39 is 115 Å². The van der Waals surface area contributed by atoms with Gasteiger partial charge in [-0.2, -0.15) is 0 Å². The summed E-state index contributed by atoms with van der Waals surface area (Å²) in [5.74, 6) is -6.65. The largest absolute Gasteiger partial charge is 0.511 e. The molecule has 0 bridgehead atoms. The molecule has 0 aliphatic rings. The number of aliphatic hydroxyl groups excluding tert-OH is 3. The molecule has 8 N–H and O–H groups in total. The van der Waals surface area contributed by atoms with Crippen LogP contribution in [0, 0.1) is 17.5 Å². The van der Waals surface area contributed by atoms with Crippen LogP contribution < -0.4 is 16.0 Å². The number of carbonyl (C=O) groups is 8. The van der Waals surface area contributed by atoms with E-state index in [2.05, 4.69) is 79.0 Å². The average Bonchev–Trinajstić information content (AvgIpc) is 1.56. The minimum atomic E-state index is -1.69. The number of benzene rings is 6.